The minimum Gasteiger partial charge on any atom is -0.469 e. The fourth-order valence-corrected chi connectivity index (χ4v) is 4.88. The maximum Gasteiger partial charge on any atom is 0.294 e. The van der Waals surface area contributed by atoms with Gasteiger partial charge < -0.3 is 15.0 Å². The number of imidazole rings is 1. The third kappa shape index (κ3) is 5.90. The molecule has 1 aromatic carbocycles. The number of benzene rings is 1. The van der Waals surface area contributed by atoms with Crippen molar-refractivity contribution in [3.8, 4) is 16.5 Å². The molecule has 1 aliphatic heterocycles. The van der Waals surface area contributed by atoms with Crippen LogP contribution in [0.25, 0.3) is 16.2 Å². The second-order valence-corrected chi connectivity index (χ2v) is 9.49. The van der Waals surface area contributed by atoms with Gasteiger partial charge in [-0.1, -0.05) is 26.5 Å². The Bertz CT molecular complexity index is 1190. The number of ether oxygens (including phenoxy) is 1. The van der Waals surface area contributed by atoms with Crippen molar-refractivity contribution in [2.24, 2.45) is 10.9 Å². The Labute approximate surface area is 210 Å². The van der Waals surface area contributed by atoms with Crippen LogP contribution in [0, 0.1) is 11.7 Å². The zero-order chi connectivity index (χ0) is 24.8. The second kappa shape index (κ2) is 11.5. The molecule has 0 spiro atoms. The lowest BCUT2D eigenvalue weighted by Crippen LogP contribution is -2.39. The topological polar surface area (TPSA) is 67.0 Å². The third-order valence-corrected chi connectivity index (χ3v) is 7.18. The minimum absolute atomic E-state index is 0.316. The van der Waals surface area contributed by atoms with Crippen LogP contribution in [0.3, 0.4) is 0 Å². The Hall–Kier alpha value is -3.20. The van der Waals surface area contributed by atoms with E-state index in [0.717, 1.165) is 55.9 Å². The highest BCUT2D eigenvalue weighted by molar-refractivity contribution is 7.18. The smallest absolute Gasteiger partial charge is 0.294 e. The van der Waals surface area contributed by atoms with Gasteiger partial charge in [0.1, 0.15) is 11.7 Å². The van der Waals surface area contributed by atoms with Gasteiger partial charge in [0.15, 0.2) is 0 Å². The Balaban J connectivity index is 1.32. The van der Waals surface area contributed by atoms with Gasteiger partial charge in [0.25, 0.3) is 5.19 Å². The Kier molecular flexibility index (Phi) is 8.17. The first-order chi connectivity index (χ1) is 17.0. The molecule has 0 radical (unpaired) electrons. The summed E-state index contributed by atoms with van der Waals surface area (Å²) in [6.45, 7) is 10.7. The van der Waals surface area contributed by atoms with E-state index in [9.17, 15) is 4.39 Å². The highest BCUT2D eigenvalue weighted by atomic mass is 32.1. The lowest BCUT2D eigenvalue weighted by Gasteiger charge is -2.33. The largest absolute Gasteiger partial charge is 0.469 e. The first-order valence-corrected chi connectivity index (χ1v) is 13.0. The molecule has 35 heavy (non-hydrogen) atoms. The predicted octanol–water partition coefficient (Wildman–Crippen LogP) is 6.02. The Morgan fingerprint density at radius 2 is 2.11 bits per heavy atom. The maximum absolute atomic E-state index is 14.4. The number of aliphatic imine (C=N–C) groups is 1. The zero-order valence-corrected chi connectivity index (χ0v) is 21.4. The van der Waals surface area contributed by atoms with Crippen molar-refractivity contribution in [3.63, 3.8) is 0 Å². The normalized spacial score (nSPS) is 15.6. The number of nitrogens with zero attached hydrogens (tertiary/aromatic N) is 5. The number of anilines is 1. The van der Waals surface area contributed by atoms with Crippen molar-refractivity contribution in [1.82, 2.24) is 19.5 Å². The summed E-state index contributed by atoms with van der Waals surface area (Å²) in [6.07, 6.45) is 9.51. The van der Waals surface area contributed by atoms with Crippen molar-refractivity contribution in [1.29, 1.82) is 0 Å². The summed E-state index contributed by atoms with van der Waals surface area (Å²) in [4.78, 5) is 12.3. The van der Waals surface area contributed by atoms with Crippen LogP contribution in [0.15, 0.2) is 53.8 Å². The van der Waals surface area contributed by atoms with Crippen LogP contribution in [0.4, 0.5) is 10.1 Å². The molecule has 0 saturated carbocycles. The van der Waals surface area contributed by atoms with Crippen molar-refractivity contribution in [2.75, 3.05) is 32.1 Å². The molecule has 1 aliphatic rings. The van der Waals surface area contributed by atoms with Gasteiger partial charge in [-0.25, -0.2) is 18.9 Å². The molecule has 0 bridgehead atoms. The summed E-state index contributed by atoms with van der Waals surface area (Å²) in [5, 5.41) is 8.01. The van der Waals surface area contributed by atoms with Crippen LogP contribution in [0.5, 0.6) is 5.19 Å². The van der Waals surface area contributed by atoms with E-state index in [4.69, 9.17) is 9.73 Å². The molecule has 0 aliphatic carbocycles. The van der Waals surface area contributed by atoms with Gasteiger partial charge >= 0.3 is 0 Å². The Morgan fingerprint density at radius 3 is 2.74 bits per heavy atom. The van der Waals surface area contributed by atoms with Gasteiger partial charge in [0.05, 0.1) is 18.5 Å². The number of fused-ring (bicyclic) bond motifs is 1. The number of piperidine rings is 1. The van der Waals surface area contributed by atoms with Gasteiger partial charge in [0.2, 0.25) is 4.96 Å². The highest BCUT2D eigenvalue weighted by Crippen LogP contribution is 2.29. The van der Waals surface area contributed by atoms with Crippen LogP contribution in [-0.2, 0) is 0 Å². The lowest BCUT2D eigenvalue weighted by molar-refractivity contribution is 0.178. The van der Waals surface area contributed by atoms with Gasteiger partial charge in [-0.2, -0.15) is 0 Å². The van der Waals surface area contributed by atoms with Crippen molar-refractivity contribution >= 4 is 27.8 Å². The van der Waals surface area contributed by atoms with E-state index in [1.165, 1.54) is 17.4 Å². The van der Waals surface area contributed by atoms with E-state index in [2.05, 4.69) is 40.7 Å². The molecule has 2 aromatic heterocycles. The Morgan fingerprint density at radius 1 is 1.31 bits per heavy atom. The summed E-state index contributed by atoms with van der Waals surface area (Å²) < 4.78 is 22.1. The number of amidine groups is 1. The van der Waals surface area contributed by atoms with Crippen molar-refractivity contribution in [2.45, 2.75) is 39.5 Å². The van der Waals surface area contributed by atoms with Crippen LogP contribution < -0.4 is 10.1 Å². The predicted molar refractivity (Wildman–Crippen MR) is 142 cm³/mol. The lowest BCUT2D eigenvalue weighted by atomic mass is 9.97. The first-order valence-electron chi connectivity index (χ1n) is 12.1. The number of likely N-dealkylation sites (tertiary alicyclic amines) is 1. The molecule has 1 fully saturated rings. The fourth-order valence-electron chi connectivity index (χ4n) is 4.14. The van der Waals surface area contributed by atoms with E-state index in [0.29, 0.717) is 33.9 Å². The van der Waals surface area contributed by atoms with E-state index in [1.54, 1.807) is 23.8 Å². The van der Waals surface area contributed by atoms with E-state index in [-0.39, 0.29) is 5.82 Å². The van der Waals surface area contributed by atoms with Crippen LogP contribution in [0.1, 0.15) is 39.5 Å². The van der Waals surface area contributed by atoms with Crippen molar-refractivity contribution in [3.05, 3.63) is 54.6 Å². The van der Waals surface area contributed by atoms with E-state index >= 15 is 0 Å². The SMILES string of the molecule is C=C/C(=C\N=C(CC)N1CCC(COc2nn3cc(-c4ccc(NC)cc4F)nc3s2)CC1)CC. The van der Waals surface area contributed by atoms with Gasteiger partial charge in [0, 0.05) is 44.0 Å². The summed E-state index contributed by atoms with van der Waals surface area (Å²) in [7, 11) is 1.76. The number of aromatic nitrogens is 3. The molecule has 3 aromatic rings. The van der Waals surface area contributed by atoms with E-state index in [1.807, 2.05) is 18.3 Å². The molecule has 0 atom stereocenters. The maximum atomic E-state index is 14.4. The van der Waals surface area contributed by atoms with E-state index < -0.39 is 0 Å². The molecule has 1 N–H and O–H groups in total. The second-order valence-electron chi connectivity index (χ2n) is 8.57. The van der Waals surface area contributed by atoms with Crippen LogP contribution in [-0.4, -0.2) is 52.1 Å². The fraction of sp³-hybridized carbons (Fsp3) is 0.423. The zero-order valence-electron chi connectivity index (χ0n) is 20.6. The number of halogens is 1. The van der Waals surface area contributed by atoms with Crippen LogP contribution >= 0.6 is 11.3 Å². The first kappa shape index (κ1) is 24.9. The monoisotopic (exact) mass is 496 g/mol. The average Bonchev–Trinajstić information content (AvgIpc) is 3.45. The number of allylic oxidation sites excluding steroid dienone is 2. The van der Waals surface area contributed by atoms with Gasteiger partial charge in [-0.05, 0) is 60.3 Å². The molecule has 4 rings (SSSR count). The van der Waals surface area contributed by atoms with Gasteiger partial charge in [-0.15, -0.1) is 5.10 Å². The average molecular weight is 497 g/mol. The molecule has 3 heterocycles. The third-order valence-electron chi connectivity index (χ3n) is 6.35. The molecule has 0 unspecified atom stereocenters. The standard InChI is InChI=1S/C26H33FN6OS/c1-5-18(6-2)15-29-24(7-3)32-12-10-19(11-13-32)17-34-26-31-33-16-23(30-25(33)35-26)21-9-8-20(28-4)14-22(21)27/h5,8-9,14-16,19,28H,1,6-7,10-13,17H2,2-4H3/b18-15+,29-24?. The van der Waals surface area contributed by atoms with Crippen LogP contribution in [0.2, 0.25) is 0 Å². The number of nitrogens with one attached hydrogen (secondary N) is 1. The number of hydrogen-bond donors (Lipinski definition) is 1. The summed E-state index contributed by atoms with van der Waals surface area (Å²) in [6, 6.07) is 5.02. The molecule has 0 amide bonds. The van der Waals surface area contributed by atoms with Crippen molar-refractivity contribution < 1.29 is 9.13 Å². The number of rotatable bonds is 9. The molecular weight excluding hydrogens is 463 g/mol. The highest BCUT2D eigenvalue weighted by Gasteiger charge is 2.22. The molecule has 9 heteroatoms. The molecule has 1 saturated heterocycles. The molecule has 186 valence electrons. The minimum atomic E-state index is -0.316. The summed E-state index contributed by atoms with van der Waals surface area (Å²) in [5.74, 6) is 1.29. The molecule has 7 nitrogen and oxygen atoms in total. The number of hydrogen-bond acceptors (Lipinski definition) is 6. The molecular formula is C26H33FN6OS. The summed E-state index contributed by atoms with van der Waals surface area (Å²) >= 11 is 1.38. The van der Waals surface area contributed by atoms with Gasteiger partial charge in [-0.3, -0.25) is 0 Å². The summed E-state index contributed by atoms with van der Waals surface area (Å²) in [5.41, 5.74) is 2.89. The quantitative estimate of drug-likeness (QED) is 0.223.